The van der Waals surface area contributed by atoms with Gasteiger partial charge in [-0.05, 0) is 42.2 Å². The highest BCUT2D eigenvalue weighted by atomic mass is 19.1. The van der Waals surface area contributed by atoms with Crippen LogP contribution in [0.5, 0.6) is 5.75 Å². The molecule has 22 heavy (non-hydrogen) atoms. The van der Waals surface area contributed by atoms with E-state index in [1.807, 2.05) is 30.3 Å². The number of hydrogen-bond donors (Lipinski definition) is 2. The zero-order valence-electron chi connectivity index (χ0n) is 12.3. The van der Waals surface area contributed by atoms with Gasteiger partial charge in [0.15, 0.2) is 0 Å². The van der Waals surface area contributed by atoms with Crippen molar-refractivity contribution in [1.82, 2.24) is 5.32 Å². The summed E-state index contributed by atoms with van der Waals surface area (Å²) in [5, 5.41) is 13.0. The van der Waals surface area contributed by atoms with E-state index >= 15 is 0 Å². The van der Waals surface area contributed by atoms with Crippen molar-refractivity contribution >= 4 is 0 Å². The maximum Gasteiger partial charge on any atom is 0.123 e. The molecule has 2 atom stereocenters. The molecule has 2 N–H and O–H groups in total. The van der Waals surface area contributed by atoms with Crippen LogP contribution >= 0.6 is 0 Å². The highest BCUT2D eigenvalue weighted by Gasteiger charge is 2.27. The molecule has 0 saturated carbocycles. The van der Waals surface area contributed by atoms with Crippen molar-refractivity contribution < 1.29 is 14.2 Å². The SMILES string of the molecule is OC[C@H](NCc1ccccc1)[C@H]1CCc2cc(F)ccc2O1. The standard InChI is InChI=1S/C18H20FNO2/c19-15-7-9-17-14(10-15)6-8-18(22-17)16(12-21)20-11-13-4-2-1-3-5-13/h1-5,7,9-10,16,18,20-21H,6,8,11-12H2/t16-,18+/m0/s1. The third kappa shape index (κ3) is 3.46. The van der Waals surface area contributed by atoms with Crippen LogP contribution in [0.1, 0.15) is 17.5 Å². The molecule has 0 radical (unpaired) electrons. The molecule has 2 aromatic rings. The lowest BCUT2D eigenvalue weighted by Crippen LogP contribution is -2.46. The molecule has 1 aliphatic heterocycles. The van der Waals surface area contributed by atoms with E-state index in [0.717, 1.165) is 24.2 Å². The predicted octanol–water partition coefficient (Wildman–Crippen LogP) is 2.67. The second-order valence-electron chi connectivity index (χ2n) is 5.60. The minimum Gasteiger partial charge on any atom is -0.488 e. The molecule has 0 saturated heterocycles. The van der Waals surface area contributed by atoms with Crippen molar-refractivity contribution in [3.63, 3.8) is 0 Å². The third-order valence-corrected chi connectivity index (χ3v) is 4.06. The summed E-state index contributed by atoms with van der Waals surface area (Å²) in [6.45, 7) is 0.691. The van der Waals surface area contributed by atoms with Gasteiger partial charge in [-0.1, -0.05) is 30.3 Å². The molecule has 1 aliphatic rings. The van der Waals surface area contributed by atoms with Crippen LogP contribution in [0.25, 0.3) is 0 Å². The van der Waals surface area contributed by atoms with Crippen LogP contribution in [0.3, 0.4) is 0 Å². The van der Waals surface area contributed by atoms with E-state index in [0.29, 0.717) is 6.54 Å². The summed E-state index contributed by atoms with van der Waals surface area (Å²) in [6, 6.07) is 14.5. The van der Waals surface area contributed by atoms with E-state index < -0.39 is 0 Å². The lowest BCUT2D eigenvalue weighted by atomic mass is 9.97. The normalized spacial score (nSPS) is 18.4. The quantitative estimate of drug-likeness (QED) is 0.892. The second kappa shape index (κ2) is 6.90. The summed E-state index contributed by atoms with van der Waals surface area (Å²) >= 11 is 0. The number of hydrogen-bond acceptors (Lipinski definition) is 3. The van der Waals surface area contributed by atoms with E-state index in [1.165, 1.54) is 17.7 Å². The fraction of sp³-hybridized carbons (Fsp3) is 0.333. The van der Waals surface area contributed by atoms with E-state index in [9.17, 15) is 9.50 Å². The van der Waals surface area contributed by atoms with Gasteiger partial charge in [0.05, 0.1) is 12.6 Å². The largest absolute Gasteiger partial charge is 0.488 e. The monoisotopic (exact) mass is 301 g/mol. The third-order valence-electron chi connectivity index (χ3n) is 4.06. The minimum absolute atomic E-state index is 0.00796. The van der Waals surface area contributed by atoms with Crippen LogP contribution < -0.4 is 10.1 Å². The molecule has 1 heterocycles. The number of aliphatic hydroxyl groups excluding tert-OH is 1. The predicted molar refractivity (Wildman–Crippen MR) is 83.3 cm³/mol. The summed E-state index contributed by atoms with van der Waals surface area (Å²) in [7, 11) is 0. The smallest absolute Gasteiger partial charge is 0.123 e. The van der Waals surface area contributed by atoms with Crippen LogP contribution in [0.2, 0.25) is 0 Å². The van der Waals surface area contributed by atoms with Crippen LogP contribution in [-0.2, 0) is 13.0 Å². The van der Waals surface area contributed by atoms with Gasteiger partial charge in [0.2, 0.25) is 0 Å². The number of benzene rings is 2. The summed E-state index contributed by atoms with van der Waals surface area (Å²) in [6.07, 6.45) is 1.43. The fourth-order valence-corrected chi connectivity index (χ4v) is 2.82. The van der Waals surface area contributed by atoms with Crippen LogP contribution in [0.4, 0.5) is 4.39 Å². The number of rotatable bonds is 5. The Morgan fingerprint density at radius 3 is 2.82 bits per heavy atom. The van der Waals surface area contributed by atoms with Crippen molar-refractivity contribution in [3.8, 4) is 5.75 Å². The highest BCUT2D eigenvalue weighted by Crippen LogP contribution is 2.29. The molecule has 0 spiro atoms. The van der Waals surface area contributed by atoms with E-state index in [4.69, 9.17) is 4.74 Å². The van der Waals surface area contributed by atoms with Crippen molar-refractivity contribution in [2.24, 2.45) is 0 Å². The fourth-order valence-electron chi connectivity index (χ4n) is 2.82. The molecule has 0 aliphatic carbocycles. The number of aryl methyl sites for hydroxylation is 1. The summed E-state index contributed by atoms with van der Waals surface area (Å²) < 4.78 is 19.2. The molecule has 0 fully saturated rings. The number of ether oxygens (including phenoxy) is 1. The molecular weight excluding hydrogens is 281 g/mol. The van der Waals surface area contributed by atoms with Crippen molar-refractivity contribution in [3.05, 3.63) is 65.5 Å². The molecule has 0 bridgehead atoms. The number of nitrogens with one attached hydrogen (secondary N) is 1. The topological polar surface area (TPSA) is 41.5 Å². The average molecular weight is 301 g/mol. The van der Waals surface area contributed by atoms with Crippen LogP contribution in [-0.4, -0.2) is 23.9 Å². The van der Waals surface area contributed by atoms with Crippen molar-refractivity contribution in [1.29, 1.82) is 0 Å². The molecule has 2 aromatic carbocycles. The van der Waals surface area contributed by atoms with Gasteiger partial charge >= 0.3 is 0 Å². The van der Waals surface area contributed by atoms with Crippen molar-refractivity contribution in [2.75, 3.05) is 6.61 Å². The van der Waals surface area contributed by atoms with Gasteiger partial charge in [-0.15, -0.1) is 0 Å². The van der Waals surface area contributed by atoms with Gasteiger partial charge in [0.25, 0.3) is 0 Å². The Hall–Kier alpha value is -1.91. The molecule has 0 amide bonds. The lowest BCUT2D eigenvalue weighted by Gasteiger charge is -2.32. The molecule has 0 unspecified atom stereocenters. The molecule has 116 valence electrons. The molecule has 3 rings (SSSR count). The zero-order valence-corrected chi connectivity index (χ0v) is 12.3. The van der Waals surface area contributed by atoms with Crippen LogP contribution in [0.15, 0.2) is 48.5 Å². The number of halogens is 1. The maximum atomic E-state index is 13.2. The van der Waals surface area contributed by atoms with Gasteiger partial charge in [-0.2, -0.15) is 0 Å². The Bertz CT molecular complexity index is 618. The maximum absolute atomic E-state index is 13.2. The first-order chi connectivity index (χ1) is 10.8. The van der Waals surface area contributed by atoms with Gasteiger partial charge < -0.3 is 15.2 Å². The Morgan fingerprint density at radius 2 is 2.05 bits per heavy atom. The molecular formula is C18H20FNO2. The Morgan fingerprint density at radius 1 is 1.23 bits per heavy atom. The van der Waals surface area contributed by atoms with E-state index in [2.05, 4.69) is 5.32 Å². The average Bonchev–Trinajstić information content (AvgIpc) is 2.56. The Kier molecular flexibility index (Phi) is 4.71. The number of aliphatic hydroxyl groups is 1. The Balaban J connectivity index is 1.63. The van der Waals surface area contributed by atoms with Crippen LogP contribution in [0, 0.1) is 5.82 Å². The van der Waals surface area contributed by atoms with Crippen molar-refractivity contribution in [2.45, 2.75) is 31.5 Å². The summed E-state index contributed by atoms with van der Waals surface area (Å²) in [5.41, 5.74) is 2.07. The lowest BCUT2D eigenvalue weighted by molar-refractivity contribution is 0.0914. The minimum atomic E-state index is -0.235. The van der Waals surface area contributed by atoms with E-state index in [1.54, 1.807) is 6.07 Å². The molecule has 0 aromatic heterocycles. The molecule has 4 heteroatoms. The Labute approximate surface area is 129 Å². The summed E-state index contributed by atoms with van der Waals surface area (Å²) in [4.78, 5) is 0. The second-order valence-corrected chi connectivity index (χ2v) is 5.60. The van der Waals surface area contributed by atoms with Gasteiger partial charge in [0, 0.05) is 6.54 Å². The molecule has 3 nitrogen and oxygen atoms in total. The first kappa shape index (κ1) is 15.0. The van der Waals surface area contributed by atoms with Gasteiger partial charge in [-0.25, -0.2) is 4.39 Å². The first-order valence-corrected chi connectivity index (χ1v) is 7.59. The summed E-state index contributed by atoms with van der Waals surface area (Å²) in [5.74, 6) is 0.485. The number of fused-ring (bicyclic) bond motifs is 1. The van der Waals surface area contributed by atoms with E-state index in [-0.39, 0.29) is 24.6 Å². The van der Waals surface area contributed by atoms with Gasteiger partial charge in [0.1, 0.15) is 17.7 Å². The van der Waals surface area contributed by atoms with Gasteiger partial charge in [-0.3, -0.25) is 0 Å². The highest BCUT2D eigenvalue weighted by molar-refractivity contribution is 5.36. The zero-order chi connectivity index (χ0) is 15.4. The first-order valence-electron chi connectivity index (χ1n) is 7.59.